The average molecular weight is 343 g/mol. The van der Waals surface area contributed by atoms with Gasteiger partial charge in [-0.05, 0) is 29.7 Å². The van der Waals surface area contributed by atoms with Gasteiger partial charge in [0.05, 0.1) is 0 Å². The maximum Gasteiger partial charge on any atom is 0.407 e. The van der Waals surface area contributed by atoms with Gasteiger partial charge < -0.3 is 19.9 Å². The van der Waals surface area contributed by atoms with Gasteiger partial charge in [-0.25, -0.2) is 4.79 Å². The zero-order valence-corrected chi connectivity index (χ0v) is 14.5. The van der Waals surface area contributed by atoms with Crippen molar-refractivity contribution in [2.75, 3.05) is 13.2 Å². The smallest absolute Gasteiger partial charge is 0.407 e. The molecule has 5 heteroatoms. The van der Waals surface area contributed by atoms with Gasteiger partial charge in [-0.2, -0.15) is 0 Å². The third-order valence-corrected chi connectivity index (χ3v) is 3.69. The van der Waals surface area contributed by atoms with E-state index in [-0.39, 0.29) is 6.61 Å². The Labute approximate surface area is 148 Å². The zero-order valence-electron chi connectivity index (χ0n) is 14.5. The van der Waals surface area contributed by atoms with Gasteiger partial charge >= 0.3 is 6.09 Å². The average Bonchev–Trinajstić information content (AvgIpc) is 2.66. The van der Waals surface area contributed by atoms with Crippen LogP contribution in [0.4, 0.5) is 4.79 Å². The van der Waals surface area contributed by atoms with E-state index in [2.05, 4.69) is 5.32 Å². The molecule has 0 saturated heterocycles. The molecule has 0 aliphatic carbocycles. The van der Waals surface area contributed by atoms with Crippen LogP contribution in [0.1, 0.15) is 37.0 Å². The maximum absolute atomic E-state index is 11.5. The number of carbonyl (C=O) groups is 1. The molecule has 2 aromatic carbocycles. The van der Waals surface area contributed by atoms with Crippen molar-refractivity contribution in [2.24, 2.45) is 0 Å². The number of hydrogen-bond donors (Lipinski definition) is 2. The number of nitrogens with one attached hydrogen (secondary N) is 1. The van der Waals surface area contributed by atoms with E-state index in [0.717, 1.165) is 24.2 Å². The van der Waals surface area contributed by atoms with Gasteiger partial charge in [0.2, 0.25) is 0 Å². The topological polar surface area (TPSA) is 67.8 Å². The Morgan fingerprint density at radius 1 is 1.12 bits per heavy atom. The monoisotopic (exact) mass is 343 g/mol. The van der Waals surface area contributed by atoms with Crippen molar-refractivity contribution in [1.29, 1.82) is 0 Å². The quantitative estimate of drug-likeness (QED) is 0.679. The number of benzene rings is 2. The van der Waals surface area contributed by atoms with Crippen LogP contribution >= 0.6 is 0 Å². The number of carbonyl (C=O) groups excluding carboxylic acids is 1. The number of unbranched alkanes of at least 4 members (excludes halogenated alkanes) is 1. The number of aliphatic hydroxyl groups excluding tert-OH is 1. The second kappa shape index (κ2) is 10.4. The SMILES string of the molecule is CCCCNC(=O)OCC(O)c1ccc(OCc2ccccc2)cc1. The molecule has 0 aliphatic heterocycles. The number of aliphatic hydroxyl groups is 1. The molecule has 0 radical (unpaired) electrons. The highest BCUT2D eigenvalue weighted by Gasteiger charge is 2.11. The Balaban J connectivity index is 1.75. The second-order valence-corrected chi connectivity index (χ2v) is 5.74. The van der Waals surface area contributed by atoms with Gasteiger partial charge in [-0.3, -0.25) is 0 Å². The molecule has 2 N–H and O–H groups in total. The fourth-order valence-electron chi connectivity index (χ4n) is 2.20. The Morgan fingerprint density at radius 2 is 1.84 bits per heavy atom. The molecule has 1 unspecified atom stereocenters. The van der Waals surface area contributed by atoms with Crippen LogP contribution < -0.4 is 10.1 Å². The van der Waals surface area contributed by atoms with Crippen LogP contribution in [0.25, 0.3) is 0 Å². The molecule has 2 aromatic rings. The highest BCUT2D eigenvalue weighted by atomic mass is 16.6. The van der Waals surface area contributed by atoms with E-state index >= 15 is 0 Å². The largest absolute Gasteiger partial charge is 0.489 e. The van der Waals surface area contributed by atoms with Crippen molar-refractivity contribution >= 4 is 6.09 Å². The molecule has 134 valence electrons. The first kappa shape index (κ1) is 18.8. The van der Waals surface area contributed by atoms with Crippen molar-refractivity contribution < 1.29 is 19.4 Å². The van der Waals surface area contributed by atoms with Crippen molar-refractivity contribution in [2.45, 2.75) is 32.5 Å². The minimum Gasteiger partial charge on any atom is -0.489 e. The normalized spacial score (nSPS) is 11.6. The molecule has 5 nitrogen and oxygen atoms in total. The third-order valence-electron chi connectivity index (χ3n) is 3.69. The number of hydrogen-bond acceptors (Lipinski definition) is 4. The standard InChI is InChI=1S/C20H25NO4/c1-2-3-13-21-20(23)25-15-19(22)17-9-11-18(12-10-17)24-14-16-7-5-4-6-8-16/h4-12,19,22H,2-3,13-15H2,1H3,(H,21,23). The summed E-state index contributed by atoms with van der Waals surface area (Å²) in [5, 5.41) is 12.7. The van der Waals surface area contributed by atoms with E-state index in [1.54, 1.807) is 24.3 Å². The van der Waals surface area contributed by atoms with Crippen molar-refractivity contribution in [3.8, 4) is 5.75 Å². The van der Waals surface area contributed by atoms with Crippen LogP contribution in [-0.2, 0) is 11.3 Å². The van der Waals surface area contributed by atoms with Crippen molar-refractivity contribution in [3.05, 3.63) is 65.7 Å². The summed E-state index contributed by atoms with van der Waals surface area (Å²) in [4.78, 5) is 11.5. The fraction of sp³-hybridized carbons (Fsp3) is 0.350. The van der Waals surface area contributed by atoms with Crippen LogP contribution in [-0.4, -0.2) is 24.4 Å². The minimum atomic E-state index is -0.861. The van der Waals surface area contributed by atoms with E-state index < -0.39 is 12.2 Å². The summed E-state index contributed by atoms with van der Waals surface area (Å²) in [5.74, 6) is 0.720. The summed E-state index contributed by atoms with van der Waals surface area (Å²) in [5.41, 5.74) is 1.77. The molecule has 0 bridgehead atoms. The van der Waals surface area contributed by atoms with Gasteiger partial charge in [0.1, 0.15) is 25.1 Å². The molecule has 0 spiro atoms. The molecule has 25 heavy (non-hydrogen) atoms. The van der Waals surface area contributed by atoms with Gasteiger partial charge in [0.15, 0.2) is 0 Å². The van der Waals surface area contributed by atoms with E-state index in [9.17, 15) is 9.90 Å². The van der Waals surface area contributed by atoms with Gasteiger partial charge in [-0.1, -0.05) is 55.8 Å². The lowest BCUT2D eigenvalue weighted by Crippen LogP contribution is -2.26. The Morgan fingerprint density at radius 3 is 2.52 bits per heavy atom. The molecular formula is C20H25NO4. The first-order valence-electron chi connectivity index (χ1n) is 8.54. The van der Waals surface area contributed by atoms with Crippen LogP contribution in [0.3, 0.4) is 0 Å². The van der Waals surface area contributed by atoms with Gasteiger partial charge in [0, 0.05) is 6.54 Å². The summed E-state index contributed by atoms with van der Waals surface area (Å²) in [6.07, 6.45) is 0.541. The second-order valence-electron chi connectivity index (χ2n) is 5.74. The van der Waals surface area contributed by atoms with E-state index in [4.69, 9.17) is 9.47 Å². The van der Waals surface area contributed by atoms with Gasteiger partial charge in [-0.15, -0.1) is 0 Å². The molecular weight excluding hydrogens is 318 g/mol. The summed E-state index contributed by atoms with van der Waals surface area (Å²) >= 11 is 0. The third kappa shape index (κ3) is 6.85. The zero-order chi connectivity index (χ0) is 17.9. The molecule has 0 aliphatic rings. The van der Waals surface area contributed by atoms with Crippen LogP contribution in [0.5, 0.6) is 5.75 Å². The summed E-state index contributed by atoms with van der Waals surface area (Å²) < 4.78 is 10.7. The maximum atomic E-state index is 11.5. The van der Waals surface area contributed by atoms with Crippen LogP contribution in [0, 0.1) is 0 Å². The predicted octanol–water partition coefficient (Wildman–Crippen LogP) is 3.83. The highest BCUT2D eigenvalue weighted by Crippen LogP contribution is 2.19. The fourth-order valence-corrected chi connectivity index (χ4v) is 2.20. The number of alkyl carbamates (subject to hydrolysis) is 1. The van der Waals surface area contributed by atoms with Crippen LogP contribution in [0.15, 0.2) is 54.6 Å². The summed E-state index contributed by atoms with van der Waals surface area (Å²) in [7, 11) is 0. The molecule has 0 aromatic heterocycles. The lowest BCUT2D eigenvalue weighted by molar-refractivity contribution is 0.0681. The van der Waals surface area contributed by atoms with Crippen LogP contribution in [0.2, 0.25) is 0 Å². The Hall–Kier alpha value is -2.53. The predicted molar refractivity (Wildman–Crippen MR) is 96.4 cm³/mol. The number of amides is 1. The molecule has 0 heterocycles. The number of ether oxygens (including phenoxy) is 2. The summed E-state index contributed by atoms with van der Waals surface area (Å²) in [6, 6.07) is 17.0. The van der Waals surface area contributed by atoms with E-state index in [1.807, 2.05) is 37.3 Å². The lowest BCUT2D eigenvalue weighted by Gasteiger charge is -2.13. The van der Waals surface area contributed by atoms with Gasteiger partial charge in [0.25, 0.3) is 0 Å². The highest BCUT2D eigenvalue weighted by molar-refractivity contribution is 5.67. The van der Waals surface area contributed by atoms with E-state index in [0.29, 0.717) is 18.7 Å². The first-order chi connectivity index (χ1) is 12.2. The summed E-state index contributed by atoms with van der Waals surface area (Å²) in [6.45, 7) is 3.04. The first-order valence-corrected chi connectivity index (χ1v) is 8.54. The molecule has 1 atom stereocenters. The molecule has 0 saturated carbocycles. The van der Waals surface area contributed by atoms with Crippen molar-refractivity contribution in [1.82, 2.24) is 5.32 Å². The minimum absolute atomic E-state index is 0.0812. The molecule has 2 rings (SSSR count). The molecule has 0 fully saturated rings. The Bertz CT molecular complexity index is 628. The lowest BCUT2D eigenvalue weighted by atomic mass is 10.1. The molecule has 1 amide bonds. The van der Waals surface area contributed by atoms with E-state index in [1.165, 1.54) is 0 Å². The Kier molecular flexibility index (Phi) is 7.79. The van der Waals surface area contributed by atoms with Crippen molar-refractivity contribution in [3.63, 3.8) is 0 Å². The number of rotatable bonds is 9.